The molecule has 7 heteroatoms. The fourth-order valence-electron chi connectivity index (χ4n) is 2.91. The first-order valence-corrected chi connectivity index (χ1v) is 8.50. The zero-order valence-corrected chi connectivity index (χ0v) is 14.0. The van der Waals surface area contributed by atoms with E-state index in [1.807, 2.05) is 41.9 Å². The second kappa shape index (κ2) is 6.16. The molecule has 1 amide bonds. The van der Waals surface area contributed by atoms with Crippen molar-refractivity contribution in [2.24, 2.45) is 0 Å². The van der Waals surface area contributed by atoms with Gasteiger partial charge in [-0.25, -0.2) is 14.3 Å². The van der Waals surface area contributed by atoms with Crippen molar-refractivity contribution in [3.05, 3.63) is 58.3 Å². The van der Waals surface area contributed by atoms with Crippen LogP contribution in [0.5, 0.6) is 0 Å². The summed E-state index contributed by atoms with van der Waals surface area (Å²) in [6.45, 7) is 1.91. The van der Waals surface area contributed by atoms with Crippen LogP contribution in [0.15, 0.2) is 41.3 Å². The summed E-state index contributed by atoms with van der Waals surface area (Å²) in [6.07, 6.45) is 4.42. The maximum atomic E-state index is 12.8. The number of carbonyl (C=O) groups excluding carboxylic acids is 1. The van der Waals surface area contributed by atoms with Crippen LogP contribution in [-0.4, -0.2) is 25.3 Å². The Morgan fingerprint density at radius 1 is 1.28 bits per heavy atom. The second-order valence-corrected chi connectivity index (χ2v) is 6.28. The van der Waals surface area contributed by atoms with Crippen molar-refractivity contribution in [2.75, 3.05) is 5.43 Å². The molecule has 25 heavy (non-hydrogen) atoms. The van der Waals surface area contributed by atoms with Gasteiger partial charge in [-0.2, -0.15) is 5.10 Å². The third-order valence-electron chi connectivity index (χ3n) is 4.35. The van der Waals surface area contributed by atoms with E-state index < -0.39 is 0 Å². The van der Waals surface area contributed by atoms with Crippen molar-refractivity contribution >= 4 is 16.9 Å². The second-order valence-electron chi connectivity index (χ2n) is 6.28. The highest BCUT2D eigenvalue weighted by Gasteiger charge is 2.28. The molecular formula is C18H19N5O2. The highest BCUT2D eigenvalue weighted by atomic mass is 16.2. The van der Waals surface area contributed by atoms with Gasteiger partial charge in [-0.15, -0.1) is 0 Å². The van der Waals surface area contributed by atoms with Gasteiger partial charge in [0, 0.05) is 6.42 Å². The molecule has 0 aliphatic heterocycles. The van der Waals surface area contributed by atoms with E-state index in [0.717, 1.165) is 18.4 Å². The number of hydrogen-bond donors (Lipinski definition) is 1. The van der Waals surface area contributed by atoms with Crippen LogP contribution in [-0.2, 0) is 17.6 Å². The number of rotatable bonds is 5. The number of benzene rings is 1. The number of amides is 1. The quantitative estimate of drug-likeness (QED) is 0.770. The van der Waals surface area contributed by atoms with Gasteiger partial charge in [-0.1, -0.05) is 37.3 Å². The predicted octanol–water partition coefficient (Wildman–Crippen LogP) is 1.80. The summed E-state index contributed by atoms with van der Waals surface area (Å²) in [5, 5.41) is 4.74. The molecule has 4 rings (SSSR count). The maximum Gasteiger partial charge on any atom is 0.283 e. The van der Waals surface area contributed by atoms with Crippen molar-refractivity contribution < 1.29 is 4.79 Å². The summed E-state index contributed by atoms with van der Waals surface area (Å²) < 4.78 is 3.08. The van der Waals surface area contributed by atoms with Crippen LogP contribution in [0, 0.1) is 0 Å². The van der Waals surface area contributed by atoms with Crippen LogP contribution >= 0.6 is 0 Å². The fourth-order valence-corrected chi connectivity index (χ4v) is 2.91. The Bertz CT molecular complexity index is 986. The predicted molar refractivity (Wildman–Crippen MR) is 94.0 cm³/mol. The smallest absolute Gasteiger partial charge is 0.273 e. The Hall–Kier alpha value is -2.96. The van der Waals surface area contributed by atoms with Crippen LogP contribution in [0.25, 0.3) is 11.0 Å². The monoisotopic (exact) mass is 337 g/mol. The number of fused-ring (bicyclic) bond motifs is 1. The molecule has 1 saturated carbocycles. The van der Waals surface area contributed by atoms with Gasteiger partial charge in [0.05, 0.1) is 18.7 Å². The topological polar surface area (TPSA) is 81.8 Å². The lowest BCUT2D eigenvalue weighted by Crippen LogP contribution is -2.37. The van der Waals surface area contributed by atoms with Crippen molar-refractivity contribution in [2.45, 2.75) is 38.6 Å². The minimum absolute atomic E-state index is 0.204. The fraction of sp³-hybridized carbons (Fsp3) is 0.333. The van der Waals surface area contributed by atoms with E-state index in [1.165, 1.54) is 4.68 Å². The number of carbonyl (C=O) groups is 1. The van der Waals surface area contributed by atoms with Crippen LogP contribution in [0.2, 0.25) is 0 Å². The third-order valence-corrected chi connectivity index (χ3v) is 4.35. The van der Waals surface area contributed by atoms with Gasteiger partial charge in [-0.3, -0.25) is 15.0 Å². The number of nitrogens with zero attached hydrogens (tertiary/aromatic N) is 4. The summed E-state index contributed by atoms with van der Waals surface area (Å²) in [5.74, 6) is 0.278. The van der Waals surface area contributed by atoms with Crippen LogP contribution in [0.3, 0.4) is 0 Å². The van der Waals surface area contributed by atoms with Gasteiger partial charge in [0.25, 0.3) is 5.56 Å². The van der Waals surface area contributed by atoms with Crippen LogP contribution < -0.4 is 11.0 Å². The molecule has 0 bridgehead atoms. The molecule has 1 N–H and O–H groups in total. The Kier molecular flexibility index (Phi) is 3.83. The molecule has 1 fully saturated rings. The van der Waals surface area contributed by atoms with E-state index in [9.17, 15) is 9.59 Å². The lowest BCUT2D eigenvalue weighted by Gasteiger charge is -2.13. The van der Waals surface area contributed by atoms with E-state index >= 15 is 0 Å². The summed E-state index contributed by atoms with van der Waals surface area (Å²) >= 11 is 0. The van der Waals surface area contributed by atoms with E-state index in [2.05, 4.69) is 15.5 Å². The first-order chi connectivity index (χ1) is 12.2. The molecule has 1 aromatic carbocycles. The number of aryl methyl sites for hydroxylation is 1. The van der Waals surface area contributed by atoms with Crippen LogP contribution in [0.4, 0.5) is 0 Å². The molecule has 2 aromatic heterocycles. The minimum Gasteiger partial charge on any atom is -0.273 e. The van der Waals surface area contributed by atoms with E-state index in [-0.39, 0.29) is 17.9 Å². The normalized spacial score (nSPS) is 14.0. The van der Waals surface area contributed by atoms with Gasteiger partial charge < -0.3 is 0 Å². The van der Waals surface area contributed by atoms with Crippen molar-refractivity contribution in [1.82, 2.24) is 19.4 Å². The zero-order valence-electron chi connectivity index (χ0n) is 14.0. The van der Waals surface area contributed by atoms with Crippen molar-refractivity contribution in [1.29, 1.82) is 0 Å². The average molecular weight is 337 g/mol. The maximum absolute atomic E-state index is 12.8. The number of aromatic nitrogens is 4. The van der Waals surface area contributed by atoms with Crippen LogP contribution in [0.1, 0.15) is 37.2 Å². The lowest BCUT2D eigenvalue weighted by molar-refractivity contribution is -0.116. The first-order valence-electron chi connectivity index (χ1n) is 8.50. The molecule has 0 spiro atoms. The number of nitrogens with one attached hydrogen (secondary N) is 1. The van der Waals surface area contributed by atoms with Gasteiger partial charge in [-0.05, 0) is 18.4 Å². The summed E-state index contributed by atoms with van der Waals surface area (Å²) in [7, 11) is 0. The van der Waals surface area contributed by atoms with Crippen molar-refractivity contribution in [3.63, 3.8) is 0 Å². The molecule has 1 aliphatic rings. The minimum atomic E-state index is -0.282. The SMILES string of the molecule is CCc1nc2c(cnn2C2CC2)c(=O)n1NC(=O)Cc1ccccc1. The summed E-state index contributed by atoms with van der Waals surface area (Å²) in [6, 6.07) is 9.76. The van der Waals surface area contributed by atoms with E-state index in [1.54, 1.807) is 6.20 Å². The Balaban J connectivity index is 1.67. The summed E-state index contributed by atoms with van der Waals surface area (Å²) in [4.78, 5) is 29.7. The average Bonchev–Trinajstić information content (AvgIpc) is 3.37. The van der Waals surface area contributed by atoms with E-state index in [0.29, 0.717) is 29.3 Å². The number of hydrogen-bond acceptors (Lipinski definition) is 4. The third kappa shape index (κ3) is 2.93. The highest BCUT2D eigenvalue weighted by molar-refractivity contribution is 5.86. The van der Waals surface area contributed by atoms with Gasteiger partial charge >= 0.3 is 0 Å². The Labute approximate surface area is 144 Å². The Morgan fingerprint density at radius 2 is 2.04 bits per heavy atom. The van der Waals surface area contributed by atoms with Gasteiger partial charge in [0.15, 0.2) is 5.65 Å². The largest absolute Gasteiger partial charge is 0.283 e. The molecule has 1 aliphatic carbocycles. The van der Waals surface area contributed by atoms with Crippen molar-refractivity contribution in [3.8, 4) is 0 Å². The van der Waals surface area contributed by atoms with Gasteiger partial charge in [0.1, 0.15) is 11.2 Å². The molecule has 2 heterocycles. The molecule has 128 valence electrons. The first kappa shape index (κ1) is 15.6. The van der Waals surface area contributed by atoms with E-state index in [4.69, 9.17) is 0 Å². The molecule has 0 radical (unpaired) electrons. The molecular weight excluding hydrogens is 318 g/mol. The highest BCUT2D eigenvalue weighted by Crippen LogP contribution is 2.35. The Morgan fingerprint density at radius 3 is 2.72 bits per heavy atom. The molecule has 0 saturated heterocycles. The summed E-state index contributed by atoms with van der Waals surface area (Å²) in [5.41, 5.74) is 3.91. The lowest BCUT2D eigenvalue weighted by atomic mass is 10.1. The molecule has 3 aromatic rings. The van der Waals surface area contributed by atoms with Gasteiger partial charge in [0.2, 0.25) is 5.91 Å². The standard InChI is InChI=1S/C18H19N5O2/c1-2-15-20-17-14(11-19-22(17)13-8-9-13)18(25)23(15)21-16(24)10-12-6-4-3-5-7-12/h3-7,11,13H,2,8-10H2,1H3,(H,21,24). The zero-order chi connectivity index (χ0) is 17.4. The molecule has 0 unspecified atom stereocenters. The molecule has 0 atom stereocenters. The molecule has 7 nitrogen and oxygen atoms in total.